The summed E-state index contributed by atoms with van der Waals surface area (Å²) < 4.78 is 2.08. The first-order valence-electron chi connectivity index (χ1n) is 6.26. The van der Waals surface area contributed by atoms with Crippen molar-refractivity contribution in [1.82, 2.24) is 19.9 Å². The van der Waals surface area contributed by atoms with Crippen molar-refractivity contribution in [2.45, 2.75) is 25.8 Å². The first kappa shape index (κ1) is 12.8. The van der Waals surface area contributed by atoms with Gasteiger partial charge in [0.1, 0.15) is 5.82 Å². The maximum absolute atomic E-state index is 4.36. The van der Waals surface area contributed by atoms with Gasteiger partial charge in [-0.2, -0.15) is 0 Å². The summed E-state index contributed by atoms with van der Waals surface area (Å²) in [4.78, 5) is 8.50. The molecule has 1 atom stereocenters. The molecular weight excluding hydrogens is 224 g/mol. The van der Waals surface area contributed by atoms with Crippen LogP contribution in [0.4, 0.5) is 0 Å². The fourth-order valence-electron chi connectivity index (χ4n) is 2.24. The number of imidazole rings is 1. The van der Waals surface area contributed by atoms with Crippen LogP contribution in [-0.4, -0.2) is 21.6 Å². The van der Waals surface area contributed by atoms with E-state index in [1.807, 2.05) is 38.9 Å². The summed E-state index contributed by atoms with van der Waals surface area (Å²) in [6.45, 7) is 2.10. The van der Waals surface area contributed by atoms with Gasteiger partial charge in [0.05, 0.1) is 0 Å². The largest absolute Gasteiger partial charge is 0.338 e. The average Bonchev–Trinajstić information content (AvgIpc) is 2.78. The van der Waals surface area contributed by atoms with E-state index < -0.39 is 0 Å². The molecule has 0 aliphatic carbocycles. The topological polar surface area (TPSA) is 42.7 Å². The third-order valence-corrected chi connectivity index (χ3v) is 3.37. The summed E-state index contributed by atoms with van der Waals surface area (Å²) in [5.74, 6) is 1.13. The minimum absolute atomic E-state index is 0.352. The van der Waals surface area contributed by atoms with Gasteiger partial charge in [0.2, 0.25) is 0 Å². The van der Waals surface area contributed by atoms with E-state index in [1.165, 1.54) is 11.1 Å². The quantitative estimate of drug-likeness (QED) is 0.875. The van der Waals surface area contributed by atoms with Gasteiger partial charge in [-0.25, -0.2) is 4.98 Å². The first-order chi connectivity index (χ1) is 8.72. The van der Waals surface area contributed by atoms with E-state index in [9.17, 15) is 0 Å². The van der Waals surface area contributed by atoms with Crippen molar-refractivity contribution >= 4 is 0 Å². The van der Waals surface area contributed by atoms with Crippen molar-refractivity contribution in [3.8, 4) is 0 Å². The van der Waals surface area contributed by atoms with Crippen molar-refractivity contribution in [1.29, 1.82) is 0 Å². The van der Waals surface area contributed by atoms with E-state index in [4.69, 9.17) is 0 Å². The second-order valence-electron chi connectivity index (χ2n) is 4.57. The number of aromatic nitrogens is 3. The molecule has 96 valence electrons. The Morgan fingerprint density at radius 2 is 2.22 bits per heavy atom. The van der Waals surface area contributed by atoms with Crippen LogP contribution in [0, 0.1) is 6.92 Å². The van der Waals surface area contributed by atoms with E-state index in [1.54, 1.807) is 0 Å². The lowest BCUT2D eigenvalue weighted by atomic mass is 9.99. The zero-order valence-electron chi connectivity index (χ0n) is 11.2. The van der Waals surface area contributed by atoms with Gasteiger partial charge in [0.25, 0.3) is 0 Å². The highest BCUT2D eigenvalue weighted by atomic mass is 15.0. The Hall–Kier alpha value is -1.68. The van der Waals surface area contributed by atoms with Crippen LogP contribution in [0.1, 0.15) is 29.4 Å². The molecule has 18 heavy (non-hydrogen) atoms. The molecule has 0 amide bonds. The van der Waals surface area contributed by atoms with Crippen molar-refractivity contribution < 1.29 is 0 Å². The summed E-state index contributed by atoms with van der Waals surface area (Å²) in [7, 11) is 4.04. The van der Waals surface area contributed by atoms with Gasteiger partial charge in [-0.05, 0) is 37.6 Å². The summed E-state index contributed by atoms with van der Waals surface area (Å²) in [5, 5.41) is 3.38. The van der Waals surface area contributed by atoms with Crippen LogP contribution < -0.4 is 5.32 Å². The Morgan fingerprint density at radius 3 is 2.83 bits per heavy atom. The van der Waals surface area contributed by atoms with Gasteiger partial charge in [-0.1, -0.05) is 0 Å². The molecule has 2 aromatic heterocycles. The summed E-state index contributed by atoms with van der Waals surface area (Å²) in [6, 6.07) is 2.44. The Balaban J connectivity index is 2.07. The lowest BCUT2D eigenvalue weighted by molar-refractivity contribution is 0.533. The van der Waals surface area contributed by atoms with Crippen LogP contribution in [0.3, 0.4) is 0 Å². The molecule has 0 aromatic carbocycles. The Kier molecular flexibility index (Phi) is 4.10. The van der Waals surface area contributed by atoms with E-state index in [2.05, 4.69) is 32.8 Å². The van der Waals surface area contributed by atoms with Crippen LogP contribution in [0.25, 0.3) is 0 Å². The van der Waals surface area contributed by atoms with Crippen molar-refractivity contribution in [3.63, 3.8) is 0 Å². The molecular formula is C14H20N4. The molecule has 0 aliphatic rings. The summed E-state index contributed by atoms with van der Waals surface area (Å²) in [5.41, 5.74) is 2.55. The van der Waals surface area contributed by atoms with Crippen LogP contribution in [0.15, 0.2) is 30.9 Å². The number of pyridine rings is 1. The standard InChI is InChI=1S/C14H20N4/c1-11-10-16-7-6-12(11)13(15-2)4-5-14-17-8-9-18(14)3/h6-10,13,15H,4-5H2,1-3H3. The third kappa shape index (κ3) is 2.76. The molecule has 0 fully saturated rings. The Bertz CT molecular complexity index is 504. The number of nitrogens with one attached hydrogen (secondary N) is 1. The molecule has 0 aliphatic heterocycles. The summed E-state index contributed by atoms with van der Waals surface area (Å²) >= 11 is 0. The lowest BCUT2D eigenvalue weighted by Gasteiger charge is -2.18. The average molecular weight is 244 g/mol. The van der Waals surface area contributed by atoms with Crippen molar-refractivity contribution in [2.24, 2.45) is 7.05 Å². The smallest absolute Gasteiger partial charge is 0.108 e. The molecule has 4 heteroatoms. The van der Waals surface area contributed by atoms with Gasteiger partial charge in [0, 0.05) is 44.3 Å². The fourth-order valence-corrected chi connectivity index (χ4v) is 2.24. The molecule has 0 saturated heterocycles. The van der Waals surface area contributed by atoms with Gasteiger partial charge in [-0.3, -0.25) is 4.98 Å². The van der Waals surface area contributed by atoms with E-state index in [-0.39, 0.29) is 0 Å². The monoisotopic (exact) mass is 244 g/mol. The maximum Gasteiger partial charge on any atom is 0.108 e. The van der Waals surface area contributed by atoms with E-state index in [0.717, 1.165) is 18.7 Å². The zero-order chi connectivity index (χ0) is 13.0. The summed E-state index contributed by atoms with van der Waals surface area (Å²) in [6.07, 6.45) is 9.61. The molecule has 0 bridgehead atoms. The molecule has 2 aromatic rings. The molecule has 0 saturated carbocycles. The normalized spacial score (nSPS) is 12.6. The number of hydrogen-bond acceptors (Lipinski definition) is 3. The number of hydrogen-bond donors (Lipinski definition) is 1. The Morgan fingerprint density at radius 1 is 1.39 bits per heavy atom. The van der Waals surface area contributed by atoms with Gasteiger partial charge >= 0.3 is 0 Å². The fraction of sp³-hybridized carbons (Fsp3) is 0.429. The third-order valence-electron chi connectivity index (χ3n) is 3.37. The lowest BCUT2D eigenvalue weighted by Crippen LogP contribution is -2.18. The van der Waals surface area contributed by atoms with Crippen molar-refractivity contribution in [2.75, 3.05) is 7.05 Å². The van der Waals surface area contributed by atoms with Gasteiger partial charge < -0.3 is 9.88 Å². The van der Waals surface area contributed by atoms with Crippen LogP contribution in [0.5, 0.6) is 0 Å². The minimum Gasteiger partial charge on any atom is -0.338 e. The molecule has 4 nitrogen and oxygen atoms in total. The van der Waals surface area contributed by atoms with E-state index in [0.29, 0.717) is 6.04 Å². The minimum atomic E-state index is 0.352. The number of aryl methyl sites for hydroxylation is 3. The molecule has 1 N–H and O–H groups in total. The zero-order valence-corrected chi connectivity index (χ0v) is 11.2. The molecule has 2 heterocycles. The SMILES string of the molecule is CNC(CCc1nccn1C)c1ccncc1C. The van der Waals surface area contributed by atoms with E-state index >= 15 is 0 Å². The number of rotatable bonds is 5. The molecule has 1 unspecified atom stereocenters. The van der Waals surface area contributed by atoms with Crippen LogP contribution >= 0.6 is 0 Å². The highest BCUT2D eigenvalue weighted by Gasteiger charge is 2.12. The Labute approximate surface area is 108 Å². The van der Waals surface area contributed by atoms with Crippen LogP contribution in [0.2, 0.25) is 0 Å². The van der Waals surface area contributed by atoms with Gasteiger partial charge in [-0.15, -0.1) is 0 Å². The van der Waals surface area contributed by atoms with Gasteiger partial charge in [0.15, 0.2) is 0 Å². The second kappa shape index (κ2) is 5.78. The highest BCUT2D eigenvalue weighted by molar-refractivity contribution is 5.25. The second-order valence-corrected chi connectivity index (χ2v) is 4.57. The maximum atomic E-state index is 4.36. The molecule has 0 radical (unpaired) electrons. The molecule has 0 spiro atoms. The van der Waals surface area contributed by atoms with Crippen molar-refractivity contribution in [3.05, 3.63) is 47.8 Å². The predicted molar refractivity (Wildman–Crippen MR) is 72.3 cm³/mol. The van der Waals surface area contributed by atoms with Crippen LogP contribution in [-0.2, 0) is 13.5 Å². The predicted octanol–water partition coefficient (Wildman–Crippen LogP) is 2.02. The first-order valence-corrected chi connectivity index (χ1v) is 6.26. The molecule has 2 rings (SSSR count). The highest BCUT2D eigenvalue weighted by Crippen LogP contribution is 2.20. The number of nitrogens with zero attached hydrogens (tertiary/aromatic N) is 3.